The van der Waals surface area contributed by atoms with Gasteiger partial charge in [0.05, 0.1) is 14.9 Å². The maximum atomic E-state index is 12.5. The third-order valence-electron chi connectivity index (χ3n) is 4.00. The van der Waals surface area contributed by atoms with Crippen molar-refractivity contribution in [3.05, 3.63) is 14.9 Å². The molecule has 3 rings (SSSR count). The molecule has 0 bridgehead atoms. The molecule has 1 aliphatic heterocycles. The number of nitrogens with zero attached hydrogens (tertiary/aromatic N) is 1. The van der Waals surface area contributed by atoms with E-state index in [-0.39, 0.29) is 16.2 Å². The molecule has 2 heterocycles. The Hall–Kier alpha value is 0.340. The lowest BCUT2D eigenvalue weighted by Gasteiger charge is -2.17. The molecule has 1 aliphatic carbocycles. The monoisotopic (exact) mass is 385 g/mol. The van der Waals surface area contributed by atoms with E-state index in [0.29, 0.717) is 27.8 Å². The van der Waals surface area contributed by atoms with Crippen LogP contribution in [-0.4, -0.2) is 37.0 Å². The average molecular weight is 387 g/mol. The molecule has 19 heavy (non-hydrogen) atoms. The van der Waals surface area contributed by atoms with Crippen LogP contribution >= 0.6 is 38.9 Å². The normalized spacial score (nSPS) is 31.8. The molecule has 0 amide bonds. The standard InChI is InChI=1S/C11H13BrClNO3S2/c12-11-8(13)3-10(18-11)19(16,17)14-4-6-1-2-9(15)7(6)5-14/h3,6-7,9,15H,1-2,4-5H2. The van der Waals surface area contributed by atoms with Crippen LogP contribution in [0.1, 0.15) is 12.8 Å². The van der Waals surface area contributed by atoms with E-state index in [2.05, 4.69) is 15.9 Å². The highest BCUT2D eigenvalue weighted by molar-refractivity contribution is 9.11. The Morgan fingerprint density at radius 1 is 1.42 bits per heavy atom. The molecule has 1 aromatic heterocycles. The summed E-state index contributed by atoms with van der Waals surface area (Å²) >= 11 is 10.3. The first-order valence-corrected chi connectivity index (χ1v) is 9.45. The fraction of sp³-hybridized carbons (Fsp3) is 0.636. The molecule has 1 saturated carbocycles. The molecule has 0 radical (unpaired) electrons. The zero-order valence-electron chi connectivity index (χ0n) is 9.92. The molecular weight excluding hydrogens is 374 g/mol. The third-order valence-corrected chi connectivity index (χ3v) is 8.76. The van der Waals surface area contributed by atoms with Gasteiger partial charge < -0.3 is 5.11 Å². The lowest BCUT2D eigenvalue weighted by Crippen LogP contribution is -2.30. The topological polar surface area (TPSA) is 57.6 Å². The highest BCUT2D eigenvalue weighted by Crippen LogP contribution is 2.42. The Balaban J connectivity index is 1.86. The van der Waals surface area contributed by atoms with Gasteiger partial charge in [-0.25, -0.2) is 8.42 Å². The Labute approximate surface area is 129 Å². The predicted molar refractivity (Wildman–Crippen MR) is 78.0 cm³/mol. The number of aliphatic hydroxyl groups is 1. The van der Waals surface area contributed by atoms with Crippen molar-refractivity contribution in [2.75, 3.05) is 13.1 Å². The average Bonchev–Trinajstić information content (AvgIpc) is 2.99. The number of sulfonamides is 1. The van der Waals surface area contributed by atoms with Crippen molar-refractivity contribution in [3.63, 3.8) is 0 Å². The van der Waals surface area contributed by atoms with Crippen molar-refractivity contribution < 1.29 is 13.5 Å². The van der Waals surface area contributed by atoms with Crippen LogP contribution in [0.3, 0.4) is 0 Å². The second kappa shape index (κ2) is 4.96. The minimum atomic E-state index is -3.48. The van der Waals surface area contributed by atoms with E-state index in [0.717, 1.165) is 24.2 Å². The van der Waals surface area contributed by atoms with Gasteiger partial charge in [-0.1, -0.05) is 11.6 Å². The Morgan fingerprint density at radius 3 is 2.74 bits per heavy atom. The molecule has 3 atom stereocenters. The first-order valence-electron chi connectivity index (χ1n) is 6.02. The Bertz CT molecular complexity index is 584. The number of hydrogen-bond donors (Lipinski definition) is 1. The predicted octanol–water partition coefficient (Wildman–Crippen LogP) is 2.56. The lowest BCUT2D eigenvalue weighted by atomic mass is 10.00. The molecule has 3 unspecified atom stereocenters. The van der Waals surface area contributed by atoms with E-state index in [9.17, 15) is 13.5 Å². The summed E-state index contributed by atoms with van der Waals surface area (Å²) in [5.74, 6) is 0.386. The summed E-state index contributed by atoms with van der Waals surface area (Å²) < 4.78 is 27.4. The van der Waals surface area contributed by atoms with Crippen molar-refractivity contribution in [2.24, 2.45) is 11.8 Å². The van der Waals surface area contributed by atoms with Crippen LogP contribution in [0.25, 0.3) is 0 Å². The van der Waals surface area contributed by atoms with Crippen LogP contribution in [0.5, 0.6) is 0 Å². The maximum absolute atomic E-state index is 12.5. The maximum Gasteiger partial charge on any atom is 0.252 e. The molecule has 8 heteroatoms. The van der Waals surface area contributed by atoms with E-state index in [4.69, 9.17) is 11.6 Å². The van der Waals surface area contributed by atoms with E-state index in [1.807, 2.05) is 0 Å². The molecule has 2 aliphatic rings. The van der Waals surface area contributed by atoms with Crippen molar-refractivity contribution in [3.8, 4) is 0 Å². The molecule has 0 aromatic carbocycles. The number of fused-ring (bicyclic) bond motifs is 1. The molecule has 1 saturated heterocycles. The fourth-order valence-electron chi connectivity index (χ4n) is 2.97. The molecule has 0 spiro atoms. The summed E-state index contributed by atoms with van der Waals surface area (Å²) in [7, 11) is -3.48. The van der Waals surface area contributed by atoms with Gasteiger partial charge in [-0.3, -0.25) is 0 Å². The highest BCUT2D eigenvalue weighted by Gasteiger charge is 2.46. The molecule has 4 nitrogen and oxygen atoms in total. The summed E-state index contributed by atoms with van der Waals surface area (Å²) in [5.41, 5.74) is 0. The van der Waals surface area contributed by atoms with Gasteiger partial charge in [0.25, 0.3) is 10.0 Å². The summed E-state index contributed by atoms with van der Waals surface area (Å²) in [6, 6.07) is 1.48. The smallest absolute Gasteiger partial charge is 0.252 e. The van der Waals surface area contributed by atoms with Crippen molar-refractivity contribution in [1.82, 2.24) is 4.31 Å². The minimum absolute atomic E-state index is 0.0913. The van der Waals surface area contributed by atoms with Crippen LogP contribution in [0.2, 0.25) is 5.02 Å². The molecule has 1 aromatic rings. The summed E-state index contributed by atoms with van der Waals surface area (Å²) in [6.07, 6.45) is 1.34. The van der Waals surface area contributed by atoms with Gasteiger partial charge in [-0.15, -0.1) is 11.3 Å². The zero-order valence-corrected chi connectivity index (χ0v) is 13.9. The SMILES string of the molecule is O=S(=O)(c1cc(Cl)c(Br)s1)N1CC2CCC(O)C2C1. The van der Waals surface area contributed by atoms with Gasteiger partial charge >= 0.3 is 0 Å². The first kappa shape index (κ1) is 14.3. The quantitative estimate of drug-likeness (QED) is 0.850. The van der Waals surface area contributed by atoms with E-state index < -0.39 is 10.0 Å². The summed E-state index contributed by atoms with van der Waals surface area (Å²) in [5, 5.41) is 10.3. The summed E-state index contributed by atoms with van der Waals surface area (Å²) in [6.45, 7) is 0.929. The van der Waals surface area contributed by atoms with Gasteiger partial charge in [-0.2, -0.15) is 4.31 Å². The van der Waals surface area contributed by atoms with Gasteiger partial charge in [-0.05, 0) is 40.8 Å². The first-order chi connectivity index (χ1) is 8.89. The van der Waals surface area contributed by atoms with Gasteiger partial charge in [0.1, 0.15) is 4.21 Å². The van der Waals surface area contributed by atoms with Crippen molar-refractivity contribution in [2.45, 2.75) is 23.2 Å². The van der Waals surface area contributed by atoms with Gasteiger partial charge in [0.15, 0.2) is 0 Å². The lowest BCUT2D eigenvalue weighted by molar-refractivity contribution is 0.129. The van der Waals surface area contributed by atoms with Gasteiger partial charge in [0.2, 0.25) is 0 Å². The van der Waals surface area contributed by atoms with Crippen LogP contribution in [0.15, 0.2) is 14.1 Å². The number of thiophene rings is 1. The highest BCUT2D eigenvalue weighted by atomic mass is 79.9. The Kier molecular flexibility index (Phi) is 3.73. The molecule has 1 N–H and O–H groups in total. The fourth-order valence-corrected chi connectivity index (χ4v) is 7.06. The Morgan fingerprint density at radius 2 is 2.16 bits per heavy atom. The van der Waals surface area contributed by atoms with E-state index >= 15 is 0 Å². The summed E-state index contributed by atoms with van der Waals surface area (Å²) in [4.78, 5) is 0. The number of rotatable bonds is 2. The van der Waals surface area contributed by atoms with Crippen LogP contribution in [0, 0.1) is 11.8 Å². The van der Waals surface area contributed by atoms with Crippen molar-refractivity contribution in [1.29, 1.82) is 0 Å². The number of hydrogen-bond acceptors (Lipinski definition) is 4. The second-order valence-electron chi connectivity index (χ2n) is 5.08. The van der Waals surface area contributed by atoms with Crippen LogP contribution < -0.4 is 0 Å². The van der Waals surface area contributed by atoms with Crippen LogP contribution in [0.4, 0.5) is 0 Å². The number of aliphatic hydroxyl groups excluding tert-OH is 1. The van der Waals surface area contributed by atoms with Gasteiger partial charge in [0, 0.05) is 19.0 Å². The number of halogens is 2. The molecular formula is C11H13BrClNO3S2. The van der Waals surface area contributed by atoms with E-state index in [1.54, 1.807) is 0 Å². The molecule has 106 valence electrons. The minimum Gasteiger partial charge on any atom is -0.393 e. The third kappa shape index (κ3) is 2.38. The van der Waals surface area contributed by atoms with Crippen LogP contribution in [-0.2, 0) is 10.0 Å². The zero-order chi connectivity index (χ0) is 13.8. The largest absolute Gasteiger partial charge is 0.393 e. The van der Waals surface area contributed by atoms with Crippen molar-refractivity contribution >= 4 is 48.9 Å². The second-order valence-corrected chi connectivity index (χ2v) is 10.0. The van der Waals surface area contributed by atoms with E-state index in [1.165, 1.54) is 10.4 Å². The molecule has 2 fully saturated rings.